The maximum absolute atomic E-state index is 12.8. The second-order valence-corrected chi connectivity index (χ2v) is 6.15. The average Bonchev–Trinajstić information content (AvgIpc) is 3.02. The number of ether oxygens (including phenoxy) is 2. The zero-order valence-electron chi connectivity index (χ0n) is 15.9. The van der Waals surface area contributed by atoms with E-state index in [9.17, 15) is 14.4 Å². The highest BCUT2D eigenvalue weighted by atomic mass is 16.5. The first-order valence-corrected chi connectivity index (χ1v) is 9.20. The molecule has 1 N–H and O–H groups in total. The number of hydrogen-bond acceptors (Lipinski definition) is 5. The number of nitrogens with zero attached hydrogens (tertiary/aromatic N) is 1. The van der Waals surface area contributed by atoms with E-state index in [-0.39, 0.29) is 30.6 Å². The Labute approximate surface area is 163 Å². The van der Waals surface area contributed by atoms with Crippen LogP contribution in [-0.2, 0) is 9.59 Å². The minimum Gasteiger partial charge on any atom is -0.494 e. The van der Waals surface area contributed by atoms with Crippen LogP contribution in [0, 0.1) is 0 Å². The number of carbonyl (C=O) groups is 3. The second kappa shape index (κ2) is 8.56. The van der Waals surface area contributed by atoms with Gasteiger partial charge in [-0.1, -0.05) is 6.07 Å². The largest absolute Gasteiger partial charge is 0.494 e. The van der Waals surface area contributed by atoms with Gasteiger partial charge in [-0.3, -0.25) is 19.3 Å². The van der Waals surface area contributed by atoms with Crippen molar-refractivity contribution >= 4 is 29.1 Å². The molecule has 3 rings (SSSR count). The molecule has 7 heteroatoms. The number of anilines is 2. The van der Waals surface area contributed by atoms with Gasteiger partial charge in [0.15, 0.2) is 0 Å². The van der Waals surface area contributed by atoms with E-state index >= 15 is 0 Å². The Bertz CT molecular complexity index is 893. The standard InChI is InChI=1S/C21H22N2O5/c1-3-27-16-8-9-18(28-4-2)17(13-16)22-21(26)14-6-5-7-15(12-14)23-19(24)10-11-20(23)25/h5-9,12-13H,3-4,10-11H2,1-2H3,(H,22,26). The molecule has 28 heavy (non-hydrogen) atoms. The maximum Gasteiger partial charge on any atom is 0.255 e. The predicted molar refractivity (Wildman–Crippen MR) is 105 cm³/mol. The van der Waals surface area contributed by atoms with E-state index in [0.29, 0.717) is 41.7 Å². The quantitative estimate of drug-likeness (QED) is 0.742. The van der Waals surface area contributed by atoms with Gasteiger partial charge in [-0.15, -0.1) is 0 Å². The van der Waals surface area contributed by atoms with Crippen molar-refractivity contribution in [2.75, 3.05) is 23.4 Å². The fraction of sp³-hybridized carbons (Fsp3) is 0.286. The van der Waals surface area contributed by atoms with Gasteiger partial charge in [-0.2, -0.15) is 0 Å². The van der Waals surface area contributed by atoms with Gasteiger partial charge in [0.05, 0.1) is 24.6 Å². The number of nitrogens with one attached hydrogen (secondary N) is 1. The van der Waals surface area contributed by atoms with Gasteiger partial charge in [0.1, 0.15) is 11.5 Å². The van der Waals surface area contributed by atoms with Crippen molar-refractivity contribution in [2.24, 2.45) is 0 Å². The third kappa shape index (κ3) is 4.14. The van der Waals surface area contributed by atoms with Crippen molar-refractivity contribution in [2.45, 2.75) is 26.7 Å². The summed E-state index contributed by atoms with van der Waals surface area (Å²) in [6.07, 6.45) is 0.383. The molecular formula is C21H22N2O5. The molecule has 7 nitrogen and oxygen atoms in total. The number of imide groups is 1. The van der Waals surface area contributed by atoms with E-state index in [0.717, 1.165) is 4.90 Å². The van der Waals surface area contributed by atoms with E-state index in [1.807, 2.05) is 13.8 Å². The summed E-state index contributed by atoms with van der Waals surface area (Å²) < 4.78 is 11.1. The highest BCUT2D eigenvalue weighted by Crippen LogP contribution is 2.30. The predicted octanol–water partition coefficient (Wildman–Crippen LogP) is 3.39. The van der Waals surface area contributed by atoms with Crippen molar-refractivity contribution < 1.29 is 23.9 Å². The van der Waals surface area contributed by atoms with Crippen LogP contribution >= 0.6 is 0 Å². The highest BCUT2D eigenvalue weighted by Gasteiger charge is 2.30. The summed E-state index contributed by atoms with van der Waals surface area (Å²) in [6.45, 7) is 4.68. The lowest BCUT2D eigenvalue weighted by atomic mass is 10.1. The first kappa shape index (κ1) is 19.4. The van der Waals surface area contributed by atoms with Gasteiger partial charge < -0.3 is 14.8 Å². The summed E-state index contributed by atoms with van der Waals surface area (Å²) in [5.74, 6) is 0.246. The molecule has 146 valence electrons. The van der Waals surface area contributed by atoms with Crippen LogP contribution in [0.2, 0.25) is 0 Å². The molecule has 1 aliphatic heterocycles. The summed E-state index contributed by atoms with van der Waals surface area (Å²) in [7, 11) is 0. The van der Waals surface area contributed by atoms with Crippen molar-refractivity contribution in [1.29, 1.82) is 0 Å². The van der Waals surface area contributed by atoms with Crippen LogP contribution in [-0.4, -0.2) is 30.9 Å². The minimum atomic E-state index is -0.379. The van der Waals surface area contributed by atoms with E-state index in [1.165, 1.54) is 6.07 Å². The fourth-order valence-electron chi connectivity index (χ4n) is 2.99. The SMILES string of the molecule is CCOc1ccc(OCC)c(NC(=O)c2cccc(N3C(=O)CCC3=O)c2)c1. The van der Waals surface area contributed by atoms with Crippen molar-refractivity contribution in [3.05, 3.63) is 48.0 Å². The van der Waals surface area contributed by atoms with Gasteiger partial charge >= 0.3 is 0 Å². The van der Waals surface area contributed by atoms with Gasteiger partial charge in [-0.25, -0.2) is 0 Å². The molecule has 0 aromatic heterocycles. The van der Waals surface area contributed by atoms with Crippen LogP contribution in [0.3, 0.4) is 0 Å². The van der Waals surface area contributed by atoms with E-state index in [1.54, 1.807) is 36.4 Å². The normalized spacial score (nSPS) is 13.6. The summed E-state index contributed by atoms with van der Waals surface area (Å²) in [4.78, 5) is 37.8. The van der Waals surface area contributed by atoms with Crippen molar-refractivity contribution in [3.63, 3.8) is 0 Å². The molecule has 0 spiro atoms. The van der Waals surface area contributed by atoms with Crippen LogP contribution in [0.1, 0.15) is 37.0 Å². The Morgan fingerprint density at radius 3 is 2.39 bits per heavy atom. The molecule has 1 heterocycles. The van der Waals surface area contributed by atoms with Gasteiger partial charge in [0, 0.05) is 24.5 Å². The number of benzene rings is 2. The zero-order valence-corrected chi connectivity index (χ0v) is 15.9. The molecule has 0 aliphatic carbocycles. The number of amides is 3. The zero-order chi connectivity index (χ0) is 20.1. The van der Waals surface area contributed by atoms with Crippen LogP contribution in [0.15, 0.2) is 42.5 Å². The molecule has 0 unspecified atom stereocenters. The first-order chi connectivity index (χ1) is 13.5. The molecule has 0 bridgehead atoms. The Morgan fingerprint density at radius 1 is 1.00 bits per heavy atom. The molecule has 3 amide bonds. The second-order valence-electron chi connectivity index (χ2n) is 6.15. The third-order valence-corrected chi connectivity index (χ3v) is 4.23. The summed E-state index contributed by atoms with van der Waals surface area (Å²) in [5.41, 5.74) is 1.21. The monoisotopic (exact) mass is 382 g/mol. The Morgan fingerprint density at radius 2 is 1.71 bits per heavy atom. The minimum absolute atomic E-state index is 0.192. The molecule has 2 aromatic carbocycles. The summed E-state index contributed by atoms with van der Waals surface area (Å²) >= 11 is 0. The van der Waals surface area contributed by atoms with Crippen molar-refractivity contribution in [3.8, 4) is 11.5 Å². The summed E-state index contributed by atoms with van der Waals surface area (Å²) in [6, 6.07) is 11.6. The van der Waals surface area contributed by atoms with E-state index in [2.05, 4.69) is 5.32 Å². The van der Waals surface area contributed by atoms with Crippen LogP contribution < -0.4 is 19.7 Å². The molecule has 0 saturated carbocycles. The topological polar surface area (TPSA) is 84.9 Å². The lowest BCUT2D eigenvalue weighted by Crippen LogP contribution is -2.28. The molecule has 1 saturated heterocycles. The first-order valence-electron chi connectivity index (χ1n) is 9.20. The van der Waals surface area contributed by atoms with E-state index in [4.69, 9.17) is 9.47 Å². The number of hydrogen-bond donors (Lipinski definition) is 1. The van der Waals surface area contributed by atoms with Crippen LogP contribution in [0.5, 0.6) is 11.5 Å². The lowest BCUT2D eigenvalue weighted by molar-refractivity contribution is -0.121. The Balaban J connectivity index is 1.85. The van der Waals surface area contributed by atoms with Crippen LogP contribution in [0.4, 0.5) is 11.4 Å². The molecule has 1 aliphatic rings. The Hall–Kier alpha value is -3.35. The van der Waals surface area contributed by atoms with Crippen LogP contribution in [0.25, 0.3) is 0 Å². The lowest BCUT2D eigenvalue weighted by Gasteiger charge is -2.16. The molecule has 0 atom stereocenters. The number of rotatable bonds is 7. The van der Waals surface area contributed by atoms with Gasteiger partial charge in [0.25, 0.3) is 5.91 Å². The molecule has 2 aromatic rings. The average molecular weight is 382 g/mol. The molecule has 0 radical (unpaired) electrons. The maximum atomic E-state index is 12.8. The van der Waals surface area contributed by atoms with Crippen molar-refractivity contribution in [1.82, 2.24) is 0 Å². The fourth-order valence-corrected chi connectivity index (χ4v) is 2.99. The smallest absolute Gasteiger partial charge is 0.255 e. The highest BCUT2D eigenvalue weighted by molar-refractivity contribution is 6.20. The number of carbonyl (C=O) groups excluding carboxylic acids is 3. The van der Waals surface area contributed by atoms with Gasteiger partial charge in [0.2, 0.25) is 11.8 Å². The summed E-state index contributed by atoms with van der Waals surface area (Å²) in [5, 5.41) is 2.82. The molecular weight excluding hydrogens is 360 g/mol. The third-order valence-electron chi connectivity index (χ3n) is 4.23. The Kier molecular flexibility index (Phi) is 5.93. The molecule has 1 fully saturated rings. The van der Waals surface area contributed by atoms with E-state index < -0.39 is 0 Å². The van der Waals surface area contributed by atoms with Gasteiger partial charge in [-0.05, 0) is 44.2 Å².